The van der Waals surface area contributed by atoms with Crippen molar-refractivity contribution < 1.29 is 14.4 Å². The van der Waals surface area contributed by atoms with E-state index in [9.17, 15) is 14.4 Å². The first-order chi connectivity index (χ1) is 12.1. The Morgan fingerprint density at radius 1 is 1.00 bits per heavy atom. The van der Waals surface area contributed by atoms with Crippen molar-refractivity contribution in [2.24, 2.45) is 0 Å². The standard InChI is InChI=1S/C19H15N3O3/c23-17(21-13-6-5-12-7-9-20-16(12)11-13)8-10-22-18(24)14-3-1-2-4-15(14)19(22)25/h1-7,9,11,20H,8,10H2,(H,21,23). The number of nitrogens with zero attached hydrogens (tertiary/aromatic N) is 1. The fourth-order valence-corrected chi connectivity index (χ4v) is 3.00. The van der Waals surface area contributed by atoms with E-state index in [1.54, 1.807) is 24.3 Å². The lowest BCUT2D eigenvalue weighted by molar-refractivity contribution is -0.116. The van der Waals surface area contributed by atoms with Gasteiger partial charge in [-0.2, -0.15) is 0 Å². The molecule has 1 aromatic heterocycles. The fourth-order valence-electron chi connectivity index (χ4n) is 3.00. The first kappa shape index (κ1) is 15.1. The van der Waals surface area contributed by atoms with Gasteiger partial charge in [0.15, 0.2) is 0 Å². The largest absolute Gasteiger partial charge is 0.361 e. The Balaban J connectivity index is 1.41. The van der Waals surface area contributed by atoms with Gasteiger partial charge in [0, 0.05) is 30.4 Å². The molecule has 0 unspecified atom stereocenters. The van der Waals surface area contributed by atoms with Gasteiger partial charge in [-0.05, 0) is 35.7 Å². The second-order valence-electron chi connectivity index (χ2n) is 5.89. The number of aromatic nitrogens is 1. The van der Waals surface area contributed by atoms with E-state index in [0.29, 0.717) is 16.8 Å². The third kappa shape index (κ3) is 2.67. The number of anilines is 1. The SMILES string of the molecule is O=C(CCN1C(=O)c2ccccc2C1=O)Nc1ccc2cc[nH]c2c1. The minimum absolute atomic E-state index is 0.0498. The lowest BCUT2D eigenvalue weighted by atomic mass is 10.1. The van der Waals surface area contributed by atoms with Gasteiger partial charge in [0.1, 0.15) is 0 Å². The Labute approximate surface area is 143 Å². The average Bonchev–Trinajstić information content (AvgIpc) is 3.17. The first-order valence-electron chi connectivity index (χ1n) is 7.96. The molecule has 2 N–H and O–H groups in total. The molecule has 1 aliphatic rings. The molecule has 25 heavy (non-hydrogen) atoms. The number of carbonyl (C=O) groups is 3. The van der Waals surface area contributed by atoms with E-state index in [2.05, 4.69) is 10.3 Å². The van der Waals surface area contributed by atoms with Crippen molar-refractivity contribution in [3.63, 3.8) is 0 Å². The van der Waals surface area contributed by atoms with Crippen molar-refractivity contribution in [1.82, 2.24) is 9.88 Å². The zero-order valence-corrected chi connectivity index (χ0v) is 13.3. The Bertz CT molecular complexity index is 971. The molecular formula is C19H15N3O3. The number of carbonyl (C=O) groups excluding carboxylic acids is 3. The van der Waals surface area contributed by atoms with Gasteiger partial charge < -0.3 is 10.3 Å². The summed E-state index contributed by atoms with van der Waals surface area (Å²) in [5, 5.41) is 3.85. The summed E-state index contributed by atoms with van der Waals surface area (Å²) in [5.41, 5.74) is 2.38. The van der Waals surface area contributed by atoms with E-state index in [1.165, 1.54) is 0 Å². The molecule has 124 valence electrons. The molecule has 0 fully saturated rings. The number of hydrogen-bond acceptors (Lipinski definition) is 3. The highest BCUT2D eigenvalue weighted by Gasteiger charge is 2.34. The van der Waals surface area contributed by atoms with Crippen LogP contribution in [0.4, 0.5) is 5.69 Å². The van der Waals surface area contributed by atoms with Crippen LogP contribution in [0, 0.1) is 0 Å². The lowest BCUT2D eigenvalue weighted by Gasteiger charge is -2.13. The van der Waals surface area contributed by atoms with E-state index < -0.39 is 0 Å². The molecule has 3 amide bonds. The number of fused-ring (bicyclic) bond motifs is 2. The molecule has 0 radical (unpaired) electrons. The lowest BCUT2D eigenvalue weighted by Crippen LogP contribution is -2.32. The molecular weight excluding hydrogens is 318 g/mol. The van der Waals surface area contributed by atoms with Crippen LogP contribution in [-0.4, -0.2) is 34.2 Å². The predicted octanol–water partition coefficient (Wildman–Crippen LogP) is 2.79. The summed E-state index contributed by atoms with van der Waals surface area (Å²) in [4.78, 5) is 40.9. The molecule has 2 heterocycles. The summed E-state index contributed by atoms with van der Waals surface area (Å²) in [6.45, 7) is 0.0585. The third-order valence-electron chi connectivity index (χ3n) is 4.28. The van der Waals surface area contributed by atoms with Gasteiger partial charge in [0.2, 0.25) is 5.91 Å². The van der Waals surface area contributed by atoms with E-state index in [0.717, 1.165) is 15.8 Å². The van der Waals surface area contributed by atoms with Gasteiger partial charge in [-0.25, -0.2) is 0 Å². The van der Waals surface area contributed by atoms with Crippen LogP contribution < -0.4 is 5.32 Å². The monoisotopic (exact) mass is 333 g/mol. The van der Waals surface area contributed by atoms with Crippen LogP contribution in [0.2, 0.25) is 0 Å². The van der Waals surface area contributed by atoms with E-state index >= 15 is 0 Å². The quantitative estimate of drug-likeness (QED) is 0.720. The summed E-state index contributed by atoms with van der Waals surface area (Å²) < 4.78 is 0. The van der Waals surface area contributed by atoms with Gasteiger partial charge in [-0.3, -0.25) is 19.3 Å². The molecule has 0 atom stereocenters. The Hall–Kier alpha value is -3.41. The number of hydrogen-bond donors (Lipinski definition) is 2. The molecule has 6 heteroatoms. The number of imide groups is 1. The smallest absolute Gasteiger partial charge is 0.261 e. The van der Waals surface area contributed by atoms with Crippen LogP contribution in [0.5, 0.6) is 0 Å². The zero-order valence-electron chi connectivity index (χ0n) is 13.3. The Kier molecular flexibility index (Phi) is 3.57. The molecule has 0 saturated carbocycles. The van der Waals surface area contributed by atoms with Crippen LogP contribution >= 0.6 is 0 Å². The van der Waals surface area contributed by atoms with Crippen molar-refractivity contribution >= 4 is 34.3 Å². The molecule has 0 spiro atoms. The fraction of sp³-hybridized carbons (Fsp3) is 0.105. The van der Waals surface area contributed by atoms with Crippen molar-refractivity contribution in [3.8, 4) is 0 Å². The molecule has 2 aromatic carbocycles. The minimum atomic E-state index is -0.346. The number of H-pyrrole nitrogens is 1. The maximum atomic E-state index is 12.3. The van der Waals surface area contributed by atoms with Crippen LogP contribution in [0.1, 0.15) is 27.1 Å². The zero-order chi connectivity index (χ0) is 17.4. The topological polar surface area (TPSA) is 82.3 Å². The summed E-state index contributed by atoms with van der Waals surface area (Å²) >= 11 is 0. The van der Waals surface area contributed by atoms with Crippen molar-refractivity contribution in [2.75, 3.05) is 11.9 Å². The van der Waals surface area contributed by atoms with Crippen molar-refractivity contribution in [3.05, 3.63) is 65.9 Å². The number of benzene rings is 2. The molecule has 0 bridgehead atoms. The molecule has 4 rings (SSSR count). The first-order valence-corrected chi connectivity index (χ1v) is 7.96. The van der Waals surface area contributed by atoms with E-state index in [1.807, 2.05) is 30.5 Å². The second kappa shape index (κ2) is 5.90. The third-order valence-corrected chi connectivity index (χ3v) is 4.28. The number of nitrogens with one attached hydrogen (secondary N) is 2. The number of aromatic amines is 1. The summed E-state index contributed by atoms with van der Waals surface area (Å²) in [6.07, 6.45) is 1.88. The van der Waals surface area contributed by atoms with E-state index in [4.69, 9.17) is 0 Å². The molecule has 6 nitrogen and oxygen atoms in total. The average molecular weight is 333 g/mol. The normalized spacial score (nSPS) is 13.4. The Morgan fingerprint density at radius 2 is 1.72 bits per heavy atom. The van der Waals surface area contributed by atoms with Gasteiger partial charge in [0.25, 0.3) is 11.8 Å². The number of rotatable bonds is 4. The number of amides is 3. The molecule has 1 aliphatic heterocycles. The summed E-state index contributed by atoms with van der Waals surface area (Å²) in [6, 6.07) is 14.2. The van der Waals surface area contributed by atoms with Gasteiger partial charge >= 0.3 is 0 Å². The van der Waals surface area contributed by atoms with Crippen LogP contribution in [0.25, 0.3) is 10.9 Å². The van der Waals surface area contributed by atoms with Crippen molar-refractivity contribution in [2.45, 2.75) is 6.42 Å². The minimum Gasteiger partial charge on any atom is -0.361 e. The second-order valence-corrected chi connectivity index (χ2v) is 5.89. The van der Waals surface area contributed by atoms with Gasteiger partial charge in [0.05, 0.1) is 11.1 Å². The highest BCUT2D eigenvalue weighted by Crippen LogP contribution is 2.23. The van der Waals surface area contributed by atoms with Crippen LogP contribution in [0.3, 0.4) is 0 Å². The Morgan fingerprint density at radius 3 is 2.44 bits per heavy atom. The maximum Gasteiger partial charge on any atom is 0.261 e. The molecule has 0 aliphatic carbocycles. The van der Waals surface area contributed by atoms with Gasteiger partial charge in [-0.15, -0.1) is 0 Å². The molecule has 3 aromatic rings. The molecule has 0 saturated heterocycles. The highest BCUT2D eigenvalue weighted by molar-refractivity contribution is 6.21. The summed E-state index contributed by atoms with van der Waals surface area (Å²) in [7, 11) is 0. The maximum absolute atomic E-state index is 12.3. The highest BCUT2D eigenvalue weighted by atomic mass is 16.2. The van der Waals surface area contributed by atoms with Gasteiger partial charge in [-0.1, -0.05) is 18.2 Å². The predicted molar refractivity (Wildman–Crippen MR) is 93.4 cm³/mol. The van der Waals surface area contributed by atoms with Crippen molar-refractivity contribution in [1.29, 1.82) is 0 Å². The van der Waals surface area contributed by atoms with E-state index in [-0.39, 0.29) is 30.7 Å². The van der Waals surface area contributed by atoms with Crippen LogP contribution in [0.15, 0.2) is 54.7 Å². The van der Waals surface area contributed by atoms with Crippen LogP contribution in [-0.2, 0) is 4.79 Å². The summed E-state index contributed by atoms with van der Waals surface area (Å²) in [5.74, 6) is -0.940.